The molecule has 1 amide bonds. The summed E-state index contributed by atoms with van der Waals surface area (Å²) in [4.78, 5) is 17.6. The van der Waals surface area contributed by atoms with Gasteiger partial charge in [0.15, 0.2) is 0 Å². The van der Waals surface area contributed by atoms with Gasteiger partial charge >= 0.3 is 0 Å². The number of fused-ring (bicyclic) bond motifs is 1. The van der Waals surface area contributed by atoms with Gasteiger partial charge in [-0.25, -0.2) is 0 Å². The molecule has 88 valence electrons. The Morgan fingerprint density at radius 1 is 1.35 bits per heavy atom. The fraction of sp³-hybridized carbons (Fsp3) is 0.231. The monoisotopic (exact) mass is 229 g/mol. The van der Waals surface area contributed by atoms with E-state index in [2.05, 4.69) is 10.3 Å². The Morgan fingerprint density at radius 2 is 2.12 bits per heavy atom. The van der Waals surface area contributed by atoms with E-state index in [1.807, 2.05) is 42.3 Å². The predicted molar refractivity (Wildman–Crippen MR) is 69.1 cm³/mol. The van der Waals surface area contributed by atoms with Crippen LogP contribution in [0.3, 0.4) is 0 Å². The van der Waals surface area contributed by atoms with Gasteiger partial charge < -0.3 is 10.2 Å². The third-order valence-electron chi connectivity index (χ3n) is 2.68. The number of benzene rings is 1. The molecule has 0 aliphatic rings. The molecular formula is C13H15N3O. The number of hydrogen-bond acceptors (Lipinski definition) is 3. The number of likely N-dealkylation sites (N-methyl/N-ethyl adjacent to an activating group) is 2. The van der Waals surface area contributed by atoms with Crippen LogP contribution in [0.5, 0.6) is 0 Å². The van der Waals surface area contributed by atoms with Crippen LogP contribution >= 0.6 is 0 Å². The largest absolute Gasteiger partial charge is 0.364 e. The lowest BCUT2D eigenvalue weighted by molar-refractivity contribution is -0.119. The van der Waals surface area contributed by atoms with E-state index in [1.54, 1.807) is 13.2 Å². The van der Waals surface area contributed by atoms with Crippen LogP contribution in [-0.2, 0) is 4.79 Å². The summed E-state index contributed by atoms with van der Waals surface area (Å²) in [6, 6.07) is 9.88. The van der Waals surface area contributed by atoms with Crippen molar-refractivity contribution in [1.29, 1.82) is 0 Å². The van der Waals surface area contributed by atoms with Gasteiger partial charge in [0, 0.05) is 25.7 Å². The Bertz CT molecular complexity index is 534. The molecule has 2 rings (SSSR count). The third kappa shape index (κ3) is 2.36. The van der Waals surface area contributed by atoms with E-state index < -0.39 is 0 Å². The number of carbonyl (C=O) groups is 1. The number of rotatable bonds is 3. The van der Waals surface area contributed by atoms with Crippen LogP contribution in [0.1, 0.15) is 0 Å². The van der Waals surface area contributed by atoms with Crippen LogP contribution in [0.25, 0.3) is 10.9 Å². The van der Waals surface area contributed by atoms with Crippen LogP contribution < -0.4 is 10.2 Å². The molecule has 1 heterocycles. The smallest absolute Gasteiger partial charge is 0.239 e. The van der Waals surface area contributed by atoms with E-state index in [0.29, 0.717) is 6.54 Å². The summed E-state index contributed by atoms with van der Waals surface area (Å²) in [5.41, 5.74) is 1.88. The van der Waals surface area contributed by atoms with Gasteiger partial charge in [-0.3, -0.25) is 9.78 Å². The Hall–Kier alpha value is -2.10. The lowest BCUT2D eigenvalue weighted by atomic mass is 10.2. The third-order valence-corrected chi connectivity index (χ3v) is 2.68. The highest BCUT2D eigenvalue weighted by atomic mass is 16.1. The van der Waals surface area contributed by atoms with Crippen molar-refractivity contribution < 1.29 is 4.79 Å². The molecule has 0 saturated carbocycles. The fourth-order valence-corrected chi connectivity index (χ4v) is 1.78. The Balaban J connectivity index is 2.38. The van der Waals surface area contributed by atoms with Gasteiger partial charge in [-0.2, -0.15) is 0 Å². The number of carbonyl (C=O) groups excluding carboxylic acids is 1. The first-order chi connectivity index (χ1) is 8.22. The summed E-state index contributed by atoms with van der Waals surface area (Å²) >= 11 is 0. The molecule has 0 fully saturated rings. The molecule has 0 aliphatic heterocycles. The minimum absolute atomic E-state index is 0.0135. The standard InChI is InChI=1S/C13H15N3O/c1-14-12(17)9-16(2)11-7-3-5-10-6-4-8-15-13(10)11/h3-8H,9H2,1-2H3,(H,14,17). The van der Waals surface area contributed by atoms with Gasteiger partial charge in [-0.1, -0.05) is 18.2 Å². The minimum Gasteiger partial charge on any atom is -0.364 e. The van der Waals surface area contributed by atoms with E-state index >= 15 is 0 Å². The van der Waals surface area contributed by atoms with E-state index in [4.69, 9.17) is 0 Å². The summed E-state index contributed by atoms with van der Waals surface area (Å²) in [5.74, 6) is -0.0135. The number of pyridine rings is 1. The summed E-state index contributed by atoms with van der Waals surface area (Å²) in [6.07, 6.45) is 1.76. The summed E-state index contributed by atoms with van der Waals surface area (Å²) < 4.78 is 0. The molecule has 0 aliphatic carbocycles. The zero-order valence-electron chi connectivity index (χ0n) is 9.97. The number of nitrogens with zero attached hydrogens (tertiary/aromatic N) is 2. The number of anilines is 1. The first kappa shape index (κ1) is 11.4. The van der Waals surface area contributed by atoms with Gasteiger partial charge in [0.25, 0.3) is 0 Å². The molecular weight excluding hydrogens is 214 g/mol. The summed E-state index contributed by atoms with van der Waals surface area (Å²) in [6.45, 7) is 0.326. The maximum absolute atomic E-state index is 11.4. The highest BCUT2D eigenvalue weighted by Crippen LogP contribution is 2.23. The average Bonchev–Trinajstić information content (AvgIpc) is 2.37. The minimum atomic E-state index is -0.0135. The van der Waals surface area contributed by atoms with Gasteiger partial charge in [-0.15, -0.1) is 0 Å². The van der Waals surface area contributed by atoms with E-state index in [-0.39, 0.29) is 5.91 Å². The van der Waals surface area contributed by atoms with Crippen LogP contribution in [0.15, 0.2) is 36.5 Å². The van der Waals surface area contributed by atoms with Crippen molar-refractivity contribution in [2.24, 2.45) is 0 Å². The number of amides is 1. The number of aromatic nitrogens is 1. The van der Waals surface area contributed by atoms with E-state index in [1.165, 1.54) is 0 Å². The molecule has 0 atom stereocenters. The Labute approximate surface area is 100 Å². The van der Waals surface area contributed by atoms with Crippen LogP contribution in [0.2, 0.25) is 0 Å². The van der Waals surface area contributed by atoms with Gasteiger partial charge in [0.1, 0.15) is 0 Å². The molecule has 0 bridgehead atoms. The highest BCUT2D eigenvalue weighted by molar-refractivity contribution is 5.92. The molecule has 2 aromatic rings. The fourth-order valence-electron chi connectivity index (χ4n) is 1.78. The van der Waals surface area contributed by atoms with Crippen molar-refractivity contribution in [2.75, 3.05) is 25.5 Å². The van der Waals surface area contributed by atoms with Gasteiger partial charge in [0.2, 0.25) is 5.91 Å². The molecule has 1 aromatic carbocycles. The molecule has 0 unspecified atom stereocenters. The second-order valence-electron chi connectivity index (χ2n) is 3.88. The van der Waals surface area contributed by atoms with Crippen molar-refractivity contribution in [2.45, 2.75) is 0 Å². The molecule has 0 saturated heterocycles. The maximum atomic E-state index is 11.4. The van der Waals surface area contributed by atoms with Crippen LogP contribution in [0.4, 0.5) is 5.69 Å². The molecule has 1 N–H and O–H groups in total. The lowest BCUT2D eigenvalue weighted by Crippen LogP contribution is -2.33. The number of para-hydroxylation sites is 1. The Kier molecular flexibility index (Phi) is 3.23. The van der Waals surface area contributed by atoms with E-state index in [0.717, 1.165) is 16.6 Å². The van der Waals surface area contributed by atoms with Gasteiger partial charge in [0.05, 0.1) is 17.7 Å². The number of hydrogen-bond donors (Lipinski definition) is 1. The van der Waals surface area contributed by atoms with Gasteiger partial charge in [-0.05, 0) is 12.1 Å². The van der Waals surface area contributed by atoms with Crippen LogP contribution in [0, 0.1) is 0 Å². The SMILES string of the molecule is CNC(=O)CN(C)c1cccc2cccnc12. The zero-order valence-corrected chi connectivity index (χ0v) is 9.97. The van der Waals surface area contributed by atoms with E-state index in [9.17, 15) is 4.79 Å². The quantitative estimate of drug-likeness (QED) is 0.865. The lowest BCUT2D eigenvalue weighted by Gasteiger charge is -2.19. The molecule has 17 heavy (non-hydrogen) atoms. The molecule has 0 radical (unpaired) electrons. The summed E-state index contributed by atoms with van der Waals surface area (Å²) in [5, 5.41) is 3.69. The van der Waals surface area contributed by atoms with Crippen molar-refractivity contribution in [3.63, 3.8) is 0 Å². The summed E-state index contributed by atoms with van der Waals surface area (Å²) in [7, 11) is 3.52. The zero-order chi connectivity index (χ0) is 12.3. The highest BCUT2D eigenvalue weighted by Gasteiger charge is 2.09. The predicted octanol–water partition coefficient (Wildman–Crippen LogP) is 1.42. The average molecular weight is 229 g/mol. The molecule has 4 heteroatoms. The second-order valence-corrected chi connectivity index (χ2v) is 3.88. The van der Waals surface area contributed by atoms with Crippen molar-refractivity contribution in [1.82, 2.24) is 10.3 Å². The first-order valence-corrected chi connectivity index (χ1v) is 5.48. The van der Waals surface area contributed by atoms with Crippen LogP contribution in [-0.4, -0.2) is 31.5 Å². The molecule has 1 aromatic heterocycles. The van der Waals surface area contributed by atoms with Crippen molar-refractivity contribution in [3.8, 4) is 0 Å². The Morgan fingerprint density at radius 3 is 2.88 bits per heavy atom. The number of nitrogens with one attached hydrogen (secondary N) is 1. The van der Waals surface area contributed by atoms with Crippen molar-refractivity contribution >= 4 is 22.5 Å². The molecule has 0 spiro atoms. The molecule has 4 nitrogen and oxygen atoms in total. The van der Waals surface area contributed by atoms with Crippen molar-refractivity contribution in [3.05, 3.63) is 36.5 Å². The first-order valence-electron chi connectivity index (χ1n) is 5.48. The maximum Gasteiger partial charge on any atom is 0.239 e. The normalized spacial score (nSPS) is 10.2. The topological polar surface area (TPSA) is 45.2 Å². The second kappa shape index (κ2) is 4.82.